The molecule has 102 valence electrons. The van der Waals surface area contributed by atoms with Gasteiger partial charge in [0.15, 0.2) is 0 Å². The number of esters is 1. The first kappa shape index (κ1) is 13.7. The molecule has 0 saturated carbocycles. The standard InChI is InChI=1S/C15H20N2O2/c1-15(2,3)19-14(18)13-10-11(7-9-17-13)12-6-4-5-8-16-12/h4-8,13,17H,9-10H2,1-3H3. The van der Waals surface area contributed by atoms with Gasteiger partial charge in [-0.2, -0.15) is 0 Å². The Morgan fingerprint density at radius 2 is 2.21 bits per heavy atom. The van der Waals surface area contributed by atoms with Crippen LogP contribution in [0.2, 0.25) is 0 Å². The quantitative estimate of drug-likeness (QED) is 0.828. The Kier molecular flexibility index (Phi) is 4.00. The maximum absolute atomic E-state index is 12.1. The van der Waals surface area contributed by atoms with E-state index in [9.17, 15) is 4.79 Å². The number of carbonyl (C=O) groups is 1. The van der Waals surface area contributed by atoms with E-state index in [2.05, 4.69) is 16.4 Å². The molecule has 2 heterocycles. The van der Waals surface area contributed by atoms with Crippen LogP contribution >= 0.6 is 0 Å². The highest BCUT2D eigenvalue weighted by molar-refractivity contribution is 5.80. The summed E-state index contributed by atoms with van der Waals surface area (Å²) in [6.45, 7) is 6.30. The molecule has 0 spiro atoms. The third kappa shape index (κ3) is 3.89. The minimum atomic E-state index is -0.453. The lowest BCUT2D eigenvalue weighted by molar-refractivity contribution is -0.157. The lowest BCUT2D eigenvalue weighted by Crippen LogP contribution is -2.43. The second kappa shape index (κ2) is 5.53. The summed E-state index contributed by atoms with van der Waals surface area (Å²) in [6.07, 6.45) is 4.45. The monoisotopic (exact) mass is 260 g/mol. The molecule has 1 N–H and O–H groups in total. The lowest BCUT2D eigenvalue weighted by atomic mass is 9.99. The predicted octanol–water partition coefficient (Wildman–Crippen LogP) is 2.17. The maximum Gasteiger partial charge on any atom is 0.324 e. The second-order valence-electron chi connectivity index (χ2n) is 5.64. The van der Waals surface area contributed by atoms with Gasteiger partial charge in [-0.25, -0.2) is 0 Å². The molecule has 1 aromatic heterocycles. The molecule has 0 amide bonds. The molecule has 4 nitrogen and oxygen atoms in total. The van der Waals surface area contributed by atoms with Gasteiger partial charge in [0, 0.05) is 19.2 Å². The average molecular weight is 260 g/mol. The van der Waals surface area contributed by atoms with Crippen LogP contribution < -0.4 is 5.32 Å². The molecule has 1 unspecified atom stereocenters. The SMILES string of the molecule is CC(C)(C)OC(=O)C1CC(c2ccccn2)=CCN1. The Hall–Kier alpha value is -1.68. The van der Waals surface area contributed by atoms with E-state index in [1.54, 1.807) is 6.20 Å². The molecule has 0 radical (unpaired) electrons. The zero-order chi connectivity index (χ0) is 13.9. The van der Waals surface area contributed by atoms with Crippen LogP contribution in [0.25, 0.3) is 5.57 Å². The molecule has 4 heteroatoms. The summed E-state index contributed by atoms with van der Waals surface area (Å²) in [5, 5.41) is 3.16. The van der Waals surface area contributed by atoms with Crippen LogP contribution in [0.5, 0.6) is 0 Å². The fourth-order valence-electron chi connectivity index (χ4n) is 2.00. The number of nitrogens with zero attached hydrogens (tertiary/aromatic N) is 1. The molecule has 19 heavy (non-hydrogen) atoms. The minimum absolute atomic E-state index is 0.200. The Morgan fingerprint density at radius 3 is 2.84 bits per heavy atom. The number of nitrogens with one attached hydrogen (secondary N) is 1. The van der Waals surface area contributed by atoms with Gasteiger partial charge in [-0.05, 0) is 38.5 Å². The van der Waals surface area contributed by atoms with Gasteiger partial charge >= 0.3 is 5.97 Å². The van der Waals surface area contributed by atoms with Crippen molar-refractivity contribution in [1.82, 2.24) is 10.3 Å². The van der Waals surface area contributed by atoms with Crippen LogP contribution in [0.15, 0.2) is 30.5 Å². The van der Waals surface area contributed by atoms with E-state index in [1.807, 2.05) is 39.0 Å². The zero-order valence-electron chi connectivity index (χ0n) is 11.6. The van der Waals surface area contributed by atoms with E-state index in [-0.39, 0.29) is 12.0 Å². The van der Waals surface area contributed by atoms with Crippen molar-refractivity contribution >= 4 is 11.5 Å². The number of aromatic nitrogens is 1. The van der Waals surface area contributed by atoms with E-state index >= 15 is 0 Å². The van der Waals surface area contributed by atoms with Gasteiger partial charge in [-0.15, -0.1) is 0 Å². The molecule has 0 bridgehead atoms. The molecule has 1 aromatic rings. The summed E-state index contributed by atoms with van der Waals surface area (Å²) < 4.78 is 5.41. The van der Waals surface area contributed by atoms with Gasteiger partial charge in [0.1, 0.15) is 11.6 Å². The van der Waals surface area contributed by atoms with Crippen molar-refractivity contribution in [3.63, 3.8) is 0 Å². The number of pyridine rings is 1. The van der Waals surface area contributed by atoms with Gasteiger partial charge in [0.25, 0.3) is 0 Å². The summed E-state index contributed by atoms with van der Waals surface area (Å²) in [7, 11) is 0. The molecule has 0 aromatic carbocycles. The molecule has 1 aliphatic heterocycles. The topological polar surface area (TPSA) is 51.2 Å². The smallest absolute Gasteiger partial charge is 0.324 e. The van der Waals surface area contributed by atoms with Crippen LogP contribution in [0, 0.1) is 0 Å². The van der Waals surface area contributed by atoms with Crippen LogP contribution in [0.4, 0.5) is 0 Å². The first-order valence-corrected chi connectivity index (χ1v) is 6.52. The van der Waals surface area contributed by atoms with E-state index in [0.717, 1.165) is 11.3 Å². The van der Waals surface area contributed by atoms with Gasteiger partial charge in [0.2, 0.25) is 0 Å². The van der Waals surface area contributed by atoms with Crippen molar-refractivity contribution in [2.75, 3.05) is 6.54 Å². The van der Waals surface area contributed by atoms with Crippen LogP contribution in [-0.4, -0.2) is 29.1 Å². The van der Waals surface area contributed by atoms with Crippen molar-refractivity contribution in [2.24, 2.45) is 0 Å². The highest BCUT2D eigenvalue weighted by Gasteiger charge is 2.27. The van der Waals surface area contributed by atoms with Crippen molar-refractivity contribution < 1.29 is 9.53 Å². The highest BCUT2D eigenvalue weighted by Crippen LogP contribution is 2.22. The van der Waals surface area contributed by atoms with Gasteiger partial charge in [0.05, 0.1) is 5.69 Å². The molecular weight excluding hydrogens is 240 g/mol. The number of hydrogen-bond donors (Lipinski definition) is 1. The Labute approximate surface area is 113 Å². The largest absolute Gasteiger partial charge is 0.459 e. The average Bonchev–Trinajstić information content (AvgIpc) is 2.38. The van der Waals surface area contributed by atoms with Crippen LogP contribution in [-0.2, 0) is 9.53 Å². The zero-order valence-corrected chi connectivity index (χ0v) is 11.6. The summed E-state index contributed by atoms with van der Waals surface area (Å²) in [5.74, 6) is -0.200. The minimum Gasteiger partial charge on any atom is -0.459 e. The Balaban J connectivity index is 2.05. The first-order valence-electron chi connectivity index (χ1n) is 6.52. The normalized spacial score (nSPS) is 19.7. The molecular formula is C15H20N2O2. The third-order valence-corrected chi connectivity index (χ3v) is 2.82. The fourth-order valence-corrected chi connectivity index (χ4v) is 2.00. The molecule has 1 aliphatic rings. The predicted molar refractivity (Wildman–Crippen MR) is 74.5 cm³/mol. The molecule has 0 aliphatic carbocycles. The Morgan fingerprint density at radius 1 is 1.42 bits per heavy atom. The van der Waals surface area contributed by atoms with Crippen LogP contribution in [0.1, 0.15) is 32.9 Å². The summed E-state index contributed by atoms with van der Waals surface area (Å²) in [4.78, 5) is 16.4. The van der Waals surface area contributed by atoms with Crippen molar-refractivity contribution in [1.29, 1.82) is 0 Å². The fraction of sp³-hybridized carbons (Fsp3) is 0.467. The third-order valence-electron chi connectivity index (χ3n) is 2.82. The maximum atomic E-state index is 12.1. The Bertz CT molecular complexity index is 475. The lowest BCUT2D eigenvalue weighted by Gasteiger charge is -2.27. The van der Waals surface area contributed by atoms with E-state index in [0.29, 0.717) is 13.0 Å². The summed E-state index contributed by atoms with van der Waals surface area (Å²) >= 11 is 0. The molecule has 2 rings (SSSR count). The van der Waals surface area contributed by atoms with Gasteiger partial charge in [-0.3, -0.25) is 9.78 Å². The molecule has 1 atom stereocenters. The summed E-state index contributed by atoms with van der Waals surface area (Å²) in [6, 6.07) is 5.51. The molecule has 0 saturated heterocycles. The number of carbonyl (C=O) groups excluding carboxylic acids is 1. The number of ether oxygens (including phenoxy) is 1. The van der Waals surface area contributed by atoms with Gasteiger partial charge < -0.3 is 10.1 Å². The molecule has 0 fully saturated rings. The number of hydrogen-bond acceptors (Lipinski definition) is 4. The van der Waals surface area contributed by atoms with Crippen molar-refractivity contribution in [3.8, 4) is 0 Å². The summed E-state index contributed by atoms with van der Waals surface area (Å²) in [5.41, 5.74) is 1.57. The highest BCUT2D eigenvalue weighted by atomic mass is 16.6. The van der Waals surface area contributed by atoms with E-state index in [1.165, 1.54) is 0 Å². The first-order chi connectivity index (χ1) is 8.96. The van der Waals surface area contributed by atoms with E-state index < -0.39 is 5.60 Å². The van der Waals surface area contributed by atoms with Gasteiger partial charge in [-0.1, -0.05) is 12.1 Å². The van der Waals surface area contributed by atoms with E-state index in [4.69, 9.17) is 4.74 Å². The number of rotatable bonds is 2. The van der Waals surface area contributed by atoms with Crippen molar-refractivity contribution in [3.05, 3.63) is 36.2 Å². The second-order valence-corrected chi connectivity index (χ2v) is 5.64. The van der Waals surface area contributed by atoms with Crippen LogP contribution in [0.3, 0.4) is 0 Å². The van der Waals surface area contributed by atoms with Crippen molar-refractivity contribution in [2.45, 2.75) is 38.8 Å².